The lowest BCUT2D eigenvalue weighted by Gasteiger charge is -2.27. The molecule has 1 aromatic carbocycles. The van der Waals surface area contributed by atoms with E-state index in [9.17, 15) is 8.42 Å². The number of halogens is 4. The SMILES string of the molecule is Cl.Cl.NC(N)=NCC1CCC(CNS(=O)(=O)c2cc(Cl)cc(Cl)c2)CC1. The van der Waals surface area contributed by atoms with Crippen LogP contribution in [-0.2, 0) is 10.0 Å². The third-order valence-corrected chi connectivity index (χ3v) is 6.05. The van der Waals surface area contributed by atoms with Crippen LogP contribution in [0.25, 0.3) is 0 Å². The van der Waals surface area contributed by atoms with E-state index in [0.717, 1.165) is 25.7 Å². The van der Waals surface area contributed by atoms with E-state index >= 15 is 0 Å². The number of hydrogen-bond donors (Lipinski definition) is 3. The largest absolute Gasteiger partial charge is 0.370 e. The molecule has 0 saturated heterocycles. The van der Waals surface area contributed by atoms with Crippen LogP contribution in [0, 0.1) is 11.8 Å². The van der Waals surface area contributed by atoms with Crippen LogP contribution >= 0.6 is 48.0 Å². The predicted molar refractivity (Wildman–Crippen MR) is 112 cm³/mol. The smallest absolute Gasteiger partial charge is 0.240 e. The van der Waals surface area contributed by atoms with Crippen molar-refractivity contribution in [3.63, 3.8) is 0 Å². The van der Waals surface area contributed by atoms with Crippen molar-refractivity contribution < 1.29 is 8.42 Å². The number of nitrogens with two attached hydrogens (primary N) is 2. The molecule has 26 heavy (non-hydrogen) atoms. The zero-order valence-corrected chi connectivity index (χ0v) is 18.0. The number of nitrogens with one attached hydrogen (secondary N) is 1. The zero-order chi connectivity index (χ0) is 17.7. The number of sulfonamides is 1. The second-order valence-electron chi connectivity index (χ2n) is 6.11. The van der Waals surface area contributed by atoms with Crippen molar-refractivity contribution in [2.45, 2.75) is 30.6 Å². The Kier molecular flexibility index (Phi) is 11.2. The first-order valence-corrected chi connectivity index (χ1v) is 10.0. The maximum atomic E-state index is 12.3. The van der Waals surface area contributed by atoms with Crippen molar-refractivity contribution in [1.29, 1.82) is 0 Å². The molecule has 2 rings (SSSR count). The molecule has 0 unspecified atom stereocenters. The molecule has 1 aliphatic rings. The van der Waals surface area contributed by atoms with Crippen LogP contribution in [0.1, 0.15) is 25.7 Å². The fraction of sp³-hybridized carbons (Fsp3) is 0.533. The molecule has 0 bridgehead atoms. The summed E-state index contributed by atoms with van der Waals surface area (Å²) in [5.41, 5.74) is 10.7. The Morgan fingerprint density at radius 1 is 1.04 bits per heavy atom. The standard InChI is InChI=1S/C15H22Cl2N4O2S.2ClH/c16-12-5-13(17)7-14(6-12)24(22,23)21-9-11-3-1-10(2-4-11)8-20-15(18)19;;/h5-7,10-11,21H,1-4,8-9H2,(H4,18,19,20);2*1H. The van der Waals surface area contributed by atoms with Gasteiger partial charge in [0.1, 0.15) is 0 Å². The zero-order valence-electron chi connectivity index (χ0n) is 14.0. The van der Waals surface area contributed by atoms with Crippen LogP contribution in [-0.4, -0.2) is 27.5 Å². The quantitative estimate of drug-likeness (QED) is 0.442. The minimum absolute atomic E-state index is 0. The van der Waals surface area contributed by atoms with E-state index in [0.29, 0.717) is 35.0 Å². The molecular weight excluding hydrogens is 442 g/mol. The topological polar surface area (TPSA) is 111 Å². The van der Waals surface area contributed by atoms with Crippen molar-refractivity contribution in [1.82, 2.24) is 4.72 Å². The summed E-state index contributed by atoms with van der Waals surface area (Å²) in [5.74, 6) is 0.890. The van der Waals surface area contributed by atoms with Crippen LogP contribution in [0.5, 0.6) is 0 Å². The number of aliphatic imine (C=N–C) groups is 1. The molecule has 1 fully saturated rings. The third kappa shape index (κ3) is 8.06. The minimum Gasteiger partial charge on any atom is -0.370 e. The lowest BCUT2D eigenvalue weighted by Crippen LogP contribution is -2.32. The Morgan fingerprint density at radius 2 is 1.54 bits per heavy atom. The third-order valence-electron chi connectivity index (χ3n) is 4.21. The van der Waals surface area contributed by atoms with Crippen molar-refractivity contribution in [2.24, 2.45) is 28.3 Å². The van der Waals surface area contributed by atoms with Crippen LogP contribution in [0.4, 0.5) is 0 Å². The van der Waals surface area contributed by atoms with Crippen LogP contribution in [0.15, 0.2) is 28.1 Å². The van der Waals surface area contributed by atoms with Gasteiger partial charge in [0.05, 0.1) is 4.90 Å². The van der Waals surface area contributed by atoms with Crippen LogP contribution < -0.4 is 16.2 Å². The fourth-order valence-corrected chi connectivity index (χ4v) is 4.69. The Balaban J connectivity index is 0.00000312. The van der Waals surface area contributed by atoms with Gasteiger partial charge >= 0.3 is 0 Å². The molecule has 0 spiro atoms. The number of hydrogen-bond acceptors (Lipinski definition) is 3. The highest BCUT2D eigenvalue weighted by Crippen LogP contribution is 2.29. The van der Waals surface area contributed by atoms with E-state index in [1.165, 1.54) is 18.2 Å². The van der Waals surface area contributed by atoms with Crippen molar-refractivity contribution in [3.05, 3.63) is 28.2 Å². The molecule has 0 heterocycles. The molecule has 5 N–H and O–H groups in total. The highest BCUT2D eigenvalue weighted by molar-refractivity contribution is 7.89. The van der Waals surface area contributed by atoms with Gasteiger partial charge in [0, 0.05) is 23.1 Å². The number of rotatable bonds is 6. The summed E-state index contributed by atoms with van der Waals surface area (Å²) >= 11 is 11.7. The van der Waals surface area contributed by atoms with Gasteiger partial charge in [-0.3, -0.25) is 4.99 Å². The molecule has 0 aromatic heterocycles. The highest BCUT2D eigenvalue weighted by atomic mass is 35.5. The molecule has 1 aliphatic carbocycles. The molecule has 0 atom stereocenters. The van der Waals surface area contributed by atoms with Crippen molar-refractivity contribution in [2.75, 3.05) is 13.1 Å². The van der Waals surface area contributed by atoms with Gasteiger partial charge in [0.15, 0.2) is 5.96 Å². The molecule has 6 nitrogen and oxygen atoms in total. The highest BCUT2D eigenvalue weighted by Gasteiger charge is 2.23. The average Bonchev–Trinajstić information content (AvgIpc) is 2.51. The number of nitrogens with zero attached hydrogens (tertiary/aromatic N) is 1. The molecule has 0 aliphatic heterocycles. The van der Waals surface area contributed by atoms with Gasteiger partial charge in [-0.2, -0.15) is 0 Å². The van der Waals surface area contributed by atoms with Gasteiger partial charge in [-0.25, -0.2) is 13.1 Å². The molecule has 1 aromatic rings. The molecule has 150 valence electrons. The van der Waals surface area contributed by atoms with E-state index in [1.807, 2.05) is 0 Å². The van der Waals surface area contributed by atoms with Crippen molar-refractivity contribution in [3.8, 4) is 0 Å². The summed E-state index contributed by atoms with van der Waals surface area (Å²) in [7, 11) is -3.61. The number of benzene rings is 1. The van der Waals surface area contributed by atoms with Gasteiger partial charge in [0.2, 0.25) is 10.0 Å². The normalized spacial score (nSPS) is 19.8. The molecule has 11 heteroatoms. The maximum absolute atomic E-state index is 12.3. The monoisotopic (exact) mass is 464 g/mol. The molecule has 0 amide bonds. The van der Waals surface area contributed by atoms with E-state index in [-0.39, 0.29) is 35.7 Å². The predicted octanol–water partition coefficient (Wildman–Crippen LogP) is 3.20. The van der Waals surface area contributed by atoms with Gasteiger partial charge in [-0.15, -0.1) is 24.8 Å². The van der Waals surface area contributed by atoms with Crippen LogP contribution in [0.2, 0.25) is 10.0 Å². The molecular formula is C15H24Cl4N4O2S. The van der Waals surface area contributed by atoms with E-state index in [2.05, 4.69) is 9.71 Å². The van der Waals surface area contributed by atoms with Gasteiger partial charge < -0.3 is 11.5 Å². The van der Waals surface area contributed by atoms with Gasteiger partial charge in [0.25, 0.3) is 0 Å². The molecule has 1 saturated carbocycles. The fourth-order valence-electron chi connectivity index (χ4n) is 2.85. The second kappa shape index (κ2) is 11.4. The maximum Gasteiger partial charge on any atom is 0.240 e. The first-order valence-electron chi connectivity index (χ1n) is 7.77. The van der Waals surface area contributed by atoms with Gasteiger partial charge in [-0.1, -0.05) is 23.2 Å². The van der Waals surface area contributed by atoms with Crippen molar-refractivity contribution >= 4 is 64.0 Å². The van der Waals surface area contributed by atoms with Crippen LogP contribution in [0.3, 0.4) is 0 Å². The summed E-state index contributed by atoms with van der Waals surface area (Å²) in [6.45, 7) is 1.04. The summed E-state index contributed by atoms with van der Waals surface area (Å²) in [6, 6.07) is 4.28. The summed E-state index contributed by atoms with van der Waals surface area (Å²) in [5, 5.41) is 0.589. The lowest BCUT2D eigenvalue weighted by atomic mass is 9.82. The molecule has 0 radical (unpaired) electrons. The first kappa shape index (κ1) is 25.6. The second-order valence-corrected chi connectivity index (χ2v) is 8.75. The summed E-state index contributed by atoms with van der Waals surface area (Å²) < 4.78 is 27.3. The van der Waals surface area contributed by atoms with E-state index in [4.69, 9.17) is 34.7 Å². The Labute approximate surface area is 177 Å². The number of guanidine groups is 1. The van der Waals surface area contributed by atoms with E-state index in [1.54, 1.807) is 0 Å². The first-order chi connectivity index (χ1) is 11.3. The Morgan fingerprint density at radius 3 is 2.04 bits per heavy atom. The van der Waals surface area contributed by atoms with Gasteiger partial charge in [-0.05, 0) is 55.7 Å². The summed E-state index contributed by atoms with van der Waals surface area (Å²) in [4.78, 5) is 4.14. The average molecular weight is 466 g/mol. The van der Waals surface area contributed by atoms with E-state index < -0.39 is 10.0 Å². The summed E-state index contributed by atoms with van der Waals surface area (Å²) in [6.07, 6.45) is 3.88. The Hall–Kier alpha value is -0.440. The lowest BCUT2D eigenvalue weighted by molar-refractivity contribution is 0.280. The minimum atomic E-state index is -3.61. The Bertz CT molecular complexity index is 683.